The van der Waals surface area contributed by atoms with E-state index in [-0.39, 0.29) is 5.92 Å². The summed E-state index contributed by atoms with van der Waals surface area (Å²) in [5.41, 5.74) is 2.60. The van der Waals surface area contributed by atoms with Crippen molar-refractivity contribution in [2.75, 3.05) is 24.0 Å². The zero-order valence-electron chi connectivity index (χ0n) is 12.5. The second-order valence-corrected chi connectivity index (χ2v) is 5.68. The molecule has 1 atom stereocenters. The number of ether oxygens (including phenoxy) is 1. The fourth-order valence-electron chi connectivity index (χ4n) is 2.44. The third-order valence-electron chi connectivity index (χ3n) is 3.76. The van der Waals surface area contributed by atoms with Gasteiger partial charge < -0.3 is 15.5 Å². The van der Waals surface area contributed by atoms with E-state index >= 15 is 0 Å². The fraction of sp³-hybridized carbons (Fsp3) is 0.714. The van der Waals surface area contributed by atoms with Crippen molar-refractivity contribution in [1.82, 2.24) is 9.97 Å². The summed E-state index contributed by atoms with van der Waals surface area (Å²) in [6.07, 6.45) is 2.19. The molecule has 1 fully saturated rings. The molecule has 0 amide bonds. The molecule has 0 radical (unpaired) electrons. The number of nitrogens with one attached hydrogen (secondary N) is 2. The average molecular weight is 279 g/mol. The van der Waals surface area contributed by atoms with Crippen LogP contribution >= 0.6 is 0 Å². The zero-order valence-corrected chi connectivity index (χ0v) is 12.5. The van der Waals surface area contributed by atoms with Crippen molar-refractivity contribution >= 4 is 11.6 Å². The first-order valence-corrected chi connectivity index (χ1v) is 7.30. The standard InChI is InChI=1S/C14H25N5O/c1-9(2)14-17-12(8-13(18-14)19-15)16-10(3)11-4-6-20-7-5-11/h8-11H,4-7,15H2,1-3H3,(H2,16,17,18,19). The summed E-state index contributed by atoms with van der Waals surface area (Å²) >= 11 is 0. The first kappa shape index (κ1) is 15.0. The van der Waals surface area contributed by atoms with Crippen LogP contribution in [0.2, 0.25) is 0 Å². The highest BCUT2D eigenvalue weighted by atomic mass is 16.5. The molecule has 20 heavy (non-hydrogen) atoms. The maximum atomic E-state index is 5.48. The van der Waals surface area contributed by atoms with Gasteiger partial charge in [0.15, 0.2) is 0 Å². The van der Waals surface area contributed by atoms with Gasteiger partial charge in [-0.3, -0.25) is 0 Å². The number of hydrazine groups is 1. The van der Waals surface area contributed by atoms with Crippen molar-refractivity contribution in [2.24, 2.45) is 11.8 Å². The molecule has 112 valence electrons. The van der Waals surface area contributed by atoms with Crippen molar-refractivity contribution in [1.29, 1.82) is 0 Å². The van der Waals surface area contributed by atoms with Crippen LogP contribution in [0.1, 0.15) is 45.4 Å². The lowest BCUT2D eigenvalue weighted by Gasteiger charge is -2.28. The summed E-state index contributed by atoms with van der Waals surface area (Å²) in [5.74, 6) is 8.63. The van der Waals surface area contributed by atoms with E-state index in [0.717, 1.165) is 37.7 Å². The molecule has 1 saturated heterocycles. The van der Waals surface area contributed by atoms with Gasteiger partial charge in [-0.25, -0.2) is 15.8 Å². The number of nitrogens with zero attached hydrogens (tertiary/aromatic N) is 2. The van der Waals surface area contributed by atoms with E-state index in [9.17, 15) is 0 Å². The molecule has 1 aliphatic rings. The number of aromatic nitrogens is 2. The first-order chi connectivity index (χ1) is 9.60. The molecular weight excluding hydrogens is 254 g/mol. The normalized spacial score (nSPS) is 18.1. The lowest BCUT2D eigenvalue weighted by Crippen LogP contribution is -2.31. The molecule has 0 aliphatic carbocycles. The molecule has 1 unspecified atom stereocenters. The topological polar surface area (TPSA) is 85.1 Å². The van der Waals surface area contributed by atoms with E-state index in [1.165, 1.54) is 0 Å². The van der Waals surface area contributed by atoms with Crippen LogP contribution in [0, 0.1) is 5.92 Å². The first-order valence-electron chi connectivity index (χ1n) is 7.30. The Kier molecular flexibility index (Phi) is 5.14. The summed E-state index contributed by atoms with van der Waals surface area (Å²) in [6.45, 7) is 8.05. The number of anilines is 2. The molecule has 0 aromatic carbocycles. The lowest BCUT2D eigenvalue weighted by atomic mass is 9.93. The summed E-state index contributed by atoms with van der Waals surface area (Å²) in [7, 11) is 0. The van der Waals surface area contributed by atoms with E-state index in [1.54, 1.807) is 0 Å². The van der Waals surface area contributed by atoms with Gasteiger partial charge in [0, 0.05) is 31.2 Å². The van der Waals surface area contributed by atoms with Crippen molar-refractivity contribution in [3.05, 3.63) is 11.9 Å². The van der Waals surface area contributed by atoms with E-state index in [4.69, 9.17) is 10.6 Å². The lowest BCUT2D eigenvalue weighted by molar-refractivity contribution is 0.0622. The largest absolute Gasteiger partial charge is 0.381 e. The molecule has 4 N–H and O–H groups in total. The van der Waals surface area contributed by atoms with Gasteiger partial charge in [0.05, 0.1) is 0 Å². The highest BCUT2D eigenvalue weighted by Crippen LogP contribution is 2.23. The van der Waals surface area contributed by atoms with Crippen LogP contribution in [0.5, 0.6) is 0 Å². The smallest absolute Gasteiger partial charge is 0.145 e. The minimum absolute atomic E-state index is 0.266. The van der Waals surface area contributed by atoms with E-state index in [2.05, 4.69) is 41.5 Å². The maximum Gasteiger partial charge on any atom is 0.145 e. The number of nitrogens with two attached hydrogens (primary N) is 1. The van der Waals surface area contributed by atoms with Gasteiger partial charge in [-0.05, 0) is 25.7 Å². The van der Waals surface area contributed by atoms with Crippen LogP contribution in [-0.4, -0.2) is 29.2 Å². The second kappa shape index (κ2) is 6.85. The van der Waals surface area contributed by atoms with E-state index < -0.39 is 0 Å². The van der Waals surface area contributed by atoms with Gasteiger partial charge in [-0.15, -0.1) is 0 Å². The van der Waals surface area contributed by atoms with Crippen LogP contribution in [0.4, 0.5) is 11.6 Å². The van der Waals surface area contributed by atoms with E-state index in [1.807, 2.05) is 6.07 Å². The van der Waals surface area contributed by atoms with Crippen molar-refractivity contribution in [2.45, 2.75) is 45.6 Å². The van der Waals surface area contributed by atoms with E-state index in [0.29, 0.717) is 17.8 Å². The predicted molar refractivity (Wildman–Crippen MR) is 80.6 cm³/mol. The van der Waals surface area contributed by atoms with Gasteiger partial charge in [-0.1, -0.05) is 13.8 Å². The number of hydrogen-bond acceptors (Lipinski definition) is 6. The van der Waals surface area contributed by atoms with Crippen LogP contribution < -0.4 is 16.6 Å². The molecule has 1 aromatic heterocycles. The molecule has 2 heterocycles. The van der Waals surface area contributed by atoms with Gasteiger partial charge >= 0.3 is 0 Å². The molecule has 1 aliphatic heterocycles. The Balaban J connectivity index is 2.09. The molecule has 1 aromatic rings. The Labute approximate surface area is 120 Å². The summed E-state index contributed by atoms with van der Waals surface area (Å²) in [4.78, 5) is 8.93. The molecule has 2 rings (SSSR count). The third-order valence-corrected chi connectivity index (χ3v) is 3.76. The van der Waals surface area contributed by atoms with Gasteiger partial charge in [0.25, 0.3) is 0 Å². The molecular formula is C14H25N5O. The minimum atomic E-state index is 0.266. The zero-order chi connectivity index (χ0) is 14.5. The van der Waals surface area contributed by atoms with Crippen LogP contribution in [-0.2, 0) is 4.74 Å². The maximum absolute atomic E-state index is 5.48. The third kappa shape index (κ3) is 3.80. The fourth-order valence-corrected chi connectivity index (χ4v) is 2.44. The van der Waals surface area contributed by atoms with Crippen LogP contribution in [0.25, 0.3) is 0 Å². The Hall–Kier alpha value is -1.40. The number of rotatable bonds is 5. The summed E-state index contributed by atoms with van der Waals surface area (Å²) in [6, 6.07) is 2.21. The predicted octanol–water partition coefficient (Wildman–Crippen LogP) is 2.11. The van der Waals surface area contributed by atoms with Gasteiger partial charge in [0.2, 0.25) is 0 Å². The van der Waals surface area contributed by atoms with Gasteiger partial charge in [0.1, 0.15) is 17.5 Å². The number of nitrogen functional groups attached to an aromatic ring is 1. The molecule has 6 heteroatoms. The minimum Gasteiger partial charge on any atom is -0.381 e. The van der Waals surface area contributed by atoms with Crippen LogP contribution in [0.3, 0.4) is 0 Å². The Bertz CT molecular complexity index is 432. The van der Waals surface area contributed by atoms with Crippen LogP contribution in [0.15, 0.2) is 6.07 Å². The van der Waals surface area contributed by atoms with Crippen molar-refractivity contribution < 1.29 is 4.74 Å². The highest BCUT2D eigenvalue weighted by molar-refractivity contribution is 5.47. The molecule has 0 saturated carbocycles. The SMILES string of the molecule is CC(C)c1nc(NN)cc(NC(C)C2CCOCC2)n1. The summed E-state index contributed by atoms with van der Waals surface area (Å²) in [5, 5.41) is 3.48. The monoisotopic (exact) mass is 279 g/mol. The molecule has 0 bridgehead atoms. The Morgan fingerprint density at radius 1 is 1.20 bits per heavy atom. The molecule has 6 nitrogen and oxygen atoms in total. The molecule has 0 spiro atoms. The van der Waals surface area contributed by atoms with Crippen molar-refractivity contribution in [3.63, 3.8) is 0 Å². The quantitative estimate of drug-likeness (QED) is 0.565. The number of hydrogen-bond donors (Lipinski definition) is 3. The average Bonchev–Trinajstić information content (AvgIpc) is 2.47. The summed E-state index contributed by atoms with van der Waals surface area (Å²) < 4.78 is 5.41. The Morgan fingerprint density at radius 2 is 1.85 bits per heavy atom. The second-order valence-electron chi connectivity index (χ2n) is 5.68. The highest BCUT2D eigenvalue weighted by Gasteiger charge is 2.21. The Morgan fingerprint density at radius 3 is 2.45 bits per heavy atom. The van der Waals surface area contributed by atoms with Crippen molar-refractivity contribution in [3.8, 4) is 0 Å². The van der Waals surface area contributed by atoms with Gasteiger partial charge in [-0.2, -0.15) is 0 Å².